The molecule has 1 fully saturated rings. The summed E-state index contributed by atoms with van der Waals surface area (Å²) in [6.07, 6.45) is 7.08. The van der Waals surface area contributed by atoms with Crippen LogP contribution in [0.4, 0.5) is 4.39 Å². The van der Waals surface area contributed by atoms with Gasteiger partial charge in [0.15, 0.2) is 5.82 Å². The van der Waals surface area contributed by atoms with Gasteiger partial charge in [-0.05, 0) is 30.5 Å². The fourth-order valence-corrected chi connectivity index (χ4v) is 3.93. The smallest absolute Gasteiger partial charge is 0.237 e. The Bertz CT molecular complexity index is 903. The average molecular weight is 396 g/mol. The molecule has 1 atom stereocenters. The van der Waals surface area contributed by atoms with Crippen LogP contribution in [0.1, 0.15) is 18.4 Å². The number of carbonyl (C=O) groups excluding carboxylic acids is 1. The lowest BCUT2D eigenvalue weighted by Gasteiger charge is -2.28. The van der Waals surface area contributed by atoms with Crippen LogP contribution < -0.4 is 0 Å². The fourth-order valence-electron chi connectivity index (χ4n) is 3.93. The maximum Gasteiger partial charge on any atom is 0.237 e. The van der Waals surface area contributed by atoms with Gasteiger partial charge in [0.2, 0.25) is 5.91 Å². The molecule has 1 saturated heterocycles. The van der Waals surface area contributed by atoms with Crippen molar-refractivity contribution in [3.05, 3.63) is 54.1 Å². The number of halogens is 1. The predicted molar refractivity (Wildman–Crippen MR) is 108 cm³/mol. The van der Waals surface area contributed by atoms with Gasteiger partial charge in [-0.2, -0.15) is 0 Å². The lowest BCUT2D eigenvalue weighted by molar-refractivity contribution is -0.131. The average Bonchev–Trinajstić information content (AvgIpc) is 3.22. The van der Waals surface area contributed by atoms with Crippen LogP contribution in [-0.4, -0.2) is 71.6 Å². The molecular formula is C22H25FN4O2. The SMILES string of the molecule is COC1CCN(CC(=O)N2CC=C(c3ccc(-c4ncccn4)cc3F)CC2)C1. The number of methoxy groups -OCH3 is 1. The number of amides is 1. The van der Waals surface area contributed by atoms with E-state index in [-0.39, 0.29) is 17.8 Å². The quantitative estimate of drug-likeness (QED) is 0.778. The lowest BCUT2D eigenvalue weighted by Crippen LogP contribution is -2.41. The number of nitrogens with zero attached hydrogens (tertiary/aromatic N) is 4. The van der Waals surface area contributed by atoms with E-state index in [2.05, 4.69) is 14.9 Å². The van der Waals surface area contributed by atoms with Gasteiger partial charge >= 0.3 is 0 Å². The van der Waals surface area contributed by atoms with Crippen molar-refractivity contribution in [1.82, 2.24) is 19.8 Å². The van der Waals surface area contributed by atoms with Gasteiger partial charge in [-0.25, -0.2) is 14.4 Å². The van der Waals surface area contributed by atoms with Crippen molar-refractivity contribution in [2.75, 3.05) is 39.8 Å². The Hall–Kier alpha value is -2.64. The van der Waals surface area contributed by atoms with Crippen LogP contribution in [0.5, 0.6) is 0 Å². The maximum absolute atomic E-state index is 14.7. The largest absolute Gasteiger partial charge is 0.380 e. The Morgan fingerprint density at radius 2 is 2.10 bits per heavy atom. The number of rotatable bonds is 5. The molecule has 2 aliphatic heterocycles. The number of carbonyl (C=O) groups is 1. The van der Waals surface area contributed by atoms with E-state index < -0.39 is 0 Å². The second kappa shape index (κ2) is 8.80. The zero-order chi connectivity index (χ0) is 20.2. The lowest BCUT2D eigenvalue weighted by atomic mass is 9.97. The van der Waals surface area contributed by atoms with Gasteiger partial charge in [-0.15, -0.1) is 0 Å². The summed E-state index contributed by atoms with van der Waals surface area (Å²) < 4.78 is 20.1. The van der Waals surface area contributed by atoms with Crippen LogP contribution in [0.2, 0.25) is 0 Å². The second-order valence-corrected chi connectivity index (χ2v) is 7.47. The first-order valence-electron chi connectivity index (χ1n) is 9.93. The molecule has 152 valence electrons. The van der Waals surface area contributed by atoms with Crippen molar-refractivity contribution < 1.29 is 13.9 Å². The van der Waals surface area contributed by atoms with E-state index in [1.165, 1.54) is 6.07 Å². The van der Waals surface area contributed by atoms with Crippen molar-refractivity contribution >= 4 is 11.5 Å². The molecule has 0 bridgehead atoms. The molecule has 2 aromatic rings. The first-order valence-corrected chi connectivity index (χ1v) is 9.93. The highest BCUT2D eigenvalue weighted by molar-refractivity contribution is 5.80. The van der Waals surface area contributed by atoms with Crippen molar-refractivity contribution in [1.29, 1.82) is 0 Å². The summed E-state index contributed by atoms with van der Waals surface area (Å²) in [4.78, 5) is 24.9. The normalized spacial score (nSPS) is 20.0. The van der Waals surface area contributed by atoms with Crippen molar-refractivity contribution in [2.24, 2.45) is 0 Å². The molecule has 0 N–H and O–H groups in total. The monoisotopic (exact) mass is 396 g/mol. The van der Waals surface area contributed by atoms with Crippen LogP contribution in [0, 0.1) is 5.82 Å². The molecule has 1 unspecified atom stereocenters. The highest BCUT2D eigenvalue weighted by atomic mass is 19.1. The Balaban J connectivity index is 1.39. The Labute approximate surface area is 170 Å². The van der Waals surface area contributed by atoms with Gasteiger partial charge in [-0.1, -0.05) is 18.2 Å². The standard InChI is InChI=1S/C22H25FN4O2/c1-29-18-7-10-26(14-18)15-21(28)27-11-5-16(6-12-27)19-4-3-17(13-20(19)23)22-24-8-2-9-25-22/h2-5,8-9,13,18H,6-7,10-12,14-15H2,1H3. The third-order valence-corrected chi connectivity index (χ3v) is 5.62. The summed E-state index contributed by atoms with van der Waals surface area (Å²) in [5, 5.41) is 0. The minimum atomic E-state index is -0.288. The van der Waals surface area contributed by atoms with E-state index in [0.717, 1.165) is 25.1 Å². The second-order valence-electron chi connectivity index (χ2n) is 7.47. The maximum atomic E-state index is 14.7. The summed E-state index contributed by atoms with van der Waals surface area (Å²) in [5.74, 6) is 0.336. The zero-order valence-electron chi connectivity index (χ0n) is 16.6. The van der Waals surface area contributed by atoms with Gasteiger partial charge in [0.25, 0.3) is 0 Å². The van der Waals surface area contributed by atoms with Crippen molar-refractivity contribution in [2.45, 2.75) is 18.9 Å². The number of likely N-dealkylation sites (tertiary alicyclic amines) is 1. The third kappa shape index (κ3) is 4.52. The summed E-state index contributed by atoms with van der Waals surface area (Å²) in [5.41, 5.74) is 2.17. The minimum Gasteiger partial charge on any atom is -0.380 e. The van der Waals surface area contributed by atoms with E-state index in [0.29, 0.717) is 43.0 Å². The Kier molecular flexibility index (Phi) is 5.97. The number of hydrogen-bond donors (Lipinski definition) is 0. The van der Waals surface area contributed by atoms with Gasteiger partial charge in [0.1, 0.15) is 5.82 Å². The molecule has 0 saturated carbocycles. The van der Waals surface area contributed by atoms with Crippen molar-refractivity contribution in [3.63, 3.8) is 0 Å². The van der Waals surface area contributed by atoms with E-state index >= 15 is 0 Å². The summed E-state index contributed by atoms with van der Waals surface area (Å²) in [6, 6.07) is 6.82. The van der Waals surface area contributed by atoms with Crippen LogP contribution in [0.25, 0.3) is 17.0 Å². The third-order valence-electron chi connectivity index (χ3n) is 5.62. The van der Waals surface area contributed by atoms with E-state index in [1.807, 2.05) is 17.0 Å². The molecule has 0 aliphatic carbocycles. The number of hydrogen-bond acceptors (Lipinski definition) is 5. The van der Waals surface area contributed by atoms with Gasteiger partial charge < -0.3 is 9.64 Å². The molecule has 1 aromatic heterocycles. The first kappa shape index (κ1) is 19.7. The molecule has 1 amide bonds. The van der Waals surface area contributed by atoms with Crippen LogP contribution in [0.15, 0.2) is 42.7 Å². The molecule has 3 heterocycles. The molecule has 29 heavy (non-hydrogen) atoms. The van der Waals surface area contributed by atoms with Crippen molar-refractivity contribution in [3.8, 4) is 11.4 Å². The molecule has 4 rings (SSSR count). The molecule has 2 aliphatic rings. The summed E-state index contributed by atoms with van der Waals surface area (Å²) >= 11 is 0. The van der Waals surface area contributed by atoms with Gasteiger partial charge in [0.05, 0.1) is 12.6 Å². The van der Waals surface area contributed by atoms with Gasteiger partial charge in [0, 0.05) is 56.8 Å². The predicted octanol–water partition coefficient (Wildman–Crippen LogP) is 2.62. The van der Waals surface area contributed by atoms with Crippen LogP contribution in [0.3, 0.4) is 0 Å². The van der Waals surface area contributed by atoms with Gasteiger partial charge in [-0.3, -0.25) is 9.69 Å². The highest BCUT2D eigenvalue weighted by Crippen LogP contribution is 2.27. The summed E-state index contributed by atoms with van der Waals surface area (Å²) in [6.45, 7) is 3.23. The molecule has 6 nitrogen and oxygen atoms in total. The topological polar surface area (TPSA) is 58.6 Å². The number of ether oxygens (including phenoxy) is 1. The van der Waals surface area contributed by atoms with Crippen LogP contribution in [-0.2, 0) is 9.53 Å². The summed E-state index contributed by atoms with van der Waals surface area (Å²) in [7, 11) is 1.71. The molecular weight excluding hydrogens is 371 g/mol. The zero-order valence-corrected chi connectivity index (χ0v) is 16.6. The number of aromatic nitrogens is 2. The molecule has 1 aromatic carbocycles. The van der Waals surface area contributed by atoms with E-state index in [1.54, 1.807) is 31.6 Å². The molecule has 0 spiro atoms. The van der Waals surface area contributed by atoms with Crippen LogP contribution >= 0.6 is 0 Å². The first-order chi connectivity index (χ1) is 14.1. The minimum absolute atomic E-state index is 0.120. The highest BCUT2D eigenvalue weighted by Gasteiger charge is 2.26. The number of benzene rings is 1. The Morgan fingerprint density at radius 1 is 1.28 bits per heavy atom. The fraction of sp³-hybridized carbons (Fsp3) is 0.409. The molecule has 0 radical (unpaired) electrons. The van der Waals surface area contributed by atoms with E-state index in [4.69, 9.17) is 4.74 Å². The Morgan fingerprint density at radius 3 is 2.76 bits per heavy atom. The molecule has 7 heteroatoms. The van der Waals surface area contributed by atoms with E-state index in [9.17, 15) is 9.18 Å².